The van der Waals surface area contributed by atoms with Gasteiger partial charge >= 0.3 is 5.97 Å². The van der Waals surface area contributed by atoms with Crippen molar-refractivity contribution < 1.29 is 14.7 Å². The summed E-state index contributed by atoms with van der Waals surface area (Å²) in [5.41, 5.74) is 1.73. The van der Waals surface area contributed by atoms with Gasteiger partial charge in [-0.15, -0.1) is 0 Å². The molecule has 0 amide bonds. The highest BCUT2D eigenvalue weighted by Crippen LogP contribution is 2.33. The summed E-state index contributed by atoms with van der Waals surface area (Å²) < 4.78 is 0. The molecule has 0 aliphatic heterocycles. The van der Waals surface area contributed by atoms with Crippen LogP contribution in [0, 0.1) is 11.8 Å². The molecule has 1 aromatic carbocycles. The molecular weight excluding hydrogens is 240 g/mol. The van der Waals surface area contributed by atoms with E-state index in [-0.39, 0.29) is 11.7 Å². The second-order valence-corrected chi connectivity index (χ2v) is 5.21. The normalized spacial score (nSPS) is 23.0. The van der Waals surface area contributed by atoms with E-state index in [1.807, 2.05) is 31.2 Å². The van der Waals surface area contributed by atoms with E-state index in [9.17, 15) is 14.7 Å². The third kappa shape index (κ3) is 2.86. The van der Waals surface area contributed by atoms with Gasteiger partial charge in [0.15, 0.2) is 5.78 Å². The minimum absolute atomic E-state index is 0.0181. The largest absolute Gasteiger partial charge is 0.481 e. The zero-order valence-corrected chi connectivity index (χ0v) is 11.3. The summed E-state index contributed by atoms with van der Waals surface area (Å²) in [5, 5.41) is 9.28. The maximum absolute atomic E-state index is 12.6. The smallest absolute Gasteiger partial charge is 0.307 e. The summed E-state index contributed by atoms with van der Waals surface area (Å²) in [6.45, 7) is 2.02. The molecular formula is C16H20O3. The Kier molecular flexibility index (Phi) is 4.35. The van der Waals surface area contributed by atoms with Gasteiger partial charge in [-0.25, -0.2) is 0 Å². The summed E-state index contributed by atoms with van der Waals surface area (Å²) >= 11 is 0. The molecule has 2 unspecified atom stereocenters. The Morgan fingerprint density at radius 2 is 1.79 bits per heavy atom. The standard InChI is InChI=1S/C16H20O3/c1-2-11-7-3-4-8-12(11)15(17)13-9-5-6-10-14(13)16(18)19/h3-4,7-8,13-14H,2,5-6,9-10H2,1H3,(H,18,19). The average molecular weight is 260 g/mol. The quantitative estimate of drug-likeness (QED) is 0.845. The van der Waals surface area contributed by atoms with E-state index in [4.69, 9.17) is 0 Å². The molecule has 2 atom stereocenters. The maximum Gasteiger partial charge on any atom is 0.307 e. The maximum atomic E-state index is 12.6. The van der Waals surface area contributed by atoms with Crippen molar-refractivity contribution in [1.82, 2.24) is 0 Å². The minimum atomic E-state index is -0.827. The van der Waals surface area contributed by atoms with Crippen molar-refractivity contribution in [1.29, 1.82) is 0 Å². The summed E-state index contributed by atoms with van der Waals surface area (Å²) in [6, 6.07) is 7.55. The highest BCUT2D eigenvalue weighted by molar-refractivity contribution is 6.01. The van der Waals surface area contributed by atoms with Crippen molar-refractivity contribution in [2.45, 2.75) is 39.0 Å². The van der Waals surface area contributed by atoms with E-state index in [1.54, 1.807) is 0 Å². The van der Waals surface area contributed by atoms with Crippen molar-refractivity contribution in [2.75, 3.05) is 0 Å². The predicted molar refractivity (Wildman–Crippen MR) is 73.2 cm³/mol. The lowest BCUT2D eigenvalue weighted by atomic mass is 9.75. The van der Waals surface area contributed by atoms with Crippen molar-refractivity contribution in [2.24, 2.45) is 11.8 Å². The number of carboxylic acid groups (broad SMARTS) is 1. The fourth-order valence-electron chi connectivity index (χ4n) is 3.01. The van der Waals surface area contributed by atoms with Gasteiger partial charge in [0.25, 0.3) is 0 Å². The summed E-state index contributed by atoms with van der Waals surface area (Å²) in [5.74, 6) is -1.67. The number of aryl methyl sites for hydroxylation is 1. The SMILES string of the molecule is CCc1ccccc1C(=O)C1CCCCC1C(=O)O. The van der Waals surface area contributed by atoms with Gasteiger partial charge in [0, 0.05) is 11.5 Å². The Bertz CT molecular complexity index is 479. The molecule has 1 aliphatic rings. The topological polar surface area (TPSA) is 54.4 Å². The molecule has 2 rings (SSSR count). The van der Waals surface area contributed by atoms with E-state index in [0.29, 0.717) is 18.4 Å². The molecule has 1 N–H and O–H groups in total. The van der Waals surface area contributed by atoms with Gasteiger partial charge in [0.05, 0.1) is 5.92 Å². The van der Waals surface area contributed by atoms with Crippen LogP contribution in [0.25, 0.3) is 0 Å². The van der Waals surface area contributed by atoms with Crippen LogP contribution in [-0.2, 0) is 11.2 Å². The third-order valence-electron chi connectivity index (χ3n) is 4.08. The zero-order chi connectivity index (χ0) is 13.8. The first kappa shape index (κ1) is 13.8. The fraction of sp³-hybridized carbons (Fsp3) is 0.500. The van der Waals surface area contributed by atoms with Gasteiger partial charge < -0.3 is 5.11 Å². The van der Waals surface area contributed by atoms with Crippen LogP contribution in [0.4, 0.5) is 0 Å². The second-order valence-electron chi connectivity index (χ2n) is 5.21. The number of benzene rings is 1. The van der Waals surface area contributed by atoms with E-state index in [0.717, 1.165) is 24.8 Å². The van der Waals surface area contributed by atoms with Crippen molar-refractivity contribution >= 4 is 11.8 Å². The van der Waals surface area contributed by atoms with Crippen LogP contribution in [0.2, 0.25) is 0 Å². The van der Waals surface area contributed by atoms with Gasteiger partial charge in [-0.05, 0) is 24.8 Å². The molecule has 0 bridgehead atoms. The van der Waals surface area contributed by atoms with Crippen LogP contribution in [0.1, 0.15) is 48.5 Å². The molecule has 0 radical (unpaired) electrons. The lowest BCUT2D eigenvalue weighted by Crippen LogP contribution is -2.33. The van der Waals surface area contributed by atoms with Gasteiger partial charge in [-0.1, -0.05) is 44.0 Å². The lowest BCUT2D eigenvalue weighted by molar-refractivity contribution is -0.144. The number of rotatable bonds is 4. The molecule has 19 heavy (non-hydrogen) atoms. The van der Waals surface area contributed by atoms with Crippen molar-refractivity contribution in [3.8, 4) is 0 Å². The highest BCUT2D eigenvalue weighted by atomic mass is 16.4. The second kappa shape index (κ2) is 6.00. The number of hydrogen-bond donors (Lipinski definition) is 1. The minimum Gasteiger partial charge on any atom is -0.481 e. The highest BCUT2D eigenvalue weighted by Gasteiger charge is 2.36. The van der Waals surface area contributed by atoms with Crippen LogP contribution in [0.15, 0.2) is 24.3 Å². The zero-order valence-electron chi connectivity index (χ0n) is 11.3. The van der Waals surface area contributed by atoms with Crippen molar-refractivity contribution in [3.05, 3.63) is 35.4 Å². The Labute approximate surface area is 113 Å². The monoisotopic (exact) mass is 260 g/mol. The fourth-order valence-corrected chi connectivity index (χ4v) is 3.01. The first-order valence-corrected chi connectivity index (χ1v) is 7.00. The molecule has 3 nitrogen and oxygen atoms in total. The number of ketones is 1. The van der Waals surface area contributed by atoms with Gasteiger partial charge in [0.1, 0.15) is 0 Å². The predicted octanol–water partition coefficient (Wildman–Crippen LogP) is 3.32. The van der Waals surface area contributed by atoms with Crippen LogP contribution >= 0.6 is 0 Å². The molecule has 1 aliphatic carbocycles. The van der Waals surface area contributed by atoms with Crippen LogP contribution in [0.3, 0.4) is 0 Å². The number of carbonyl (C=O) groups is 2. The third-order valence-corrected chi connectivity index (χ3v) is 4.08. The van der Waals surface area contributed by atoms with Gasteiger partial charge in [0.2, 0.25) is 0 Å². The number of carbonyl (C=O) groups excluding carboxylic acids is 1. The number of carboxylic acids is 1. The van der Waals surface area contributed by atoms with Crippen LogP contribution in [-0.4, -0.2) is 16.9 Å². The Hall–Kier alpha value is -1.64. The molecule has 3 heteroatoms. The summed E-state index contributed by atoms with van der Waals surface area (Å²) in [4.78, 5) is 23.9. The molecule has 1 aromatic rings. The van der Waals surface area contributed by atoms with Crippen LogP contribution < -0.4 is 0 Å². The molecule has 0 spiro atoms. The van der Waals surface area contributed by atoms with Gasteiger partial charge in [-0.3, -0.25) is 9.59 Å². The molecule has 0 aromatic heterocycles. The number of aliphatic carboxylic acids is 1. The van der Waals surface area contributed by atoms with Crippen LogP contribution in [0.5, 0.6) is 0 Å². The van der Waals surface area contributed by atoms with E-state index >= 15 is 0 Å². The lowest BCUT2D eigenvalue weighted by Gasteiger charge is -2.27. The molecule has 0 heterocycles. The Balaban J connectivity index is 2.29. The van der Waals surface area contributed by atoms with Gasteiger partial charge in [-0.2, -0.15) is 0 Å². The van der Waals surface area contributed by atoms with E-state index in [2.05, 4.69) is 0 Å². The summed E-state index contributed by atoms with van der Waals surface area (Å²) in [6.07, 6.45) is 3.99. The average Bonchev–Trinajstić information content (AvgIpc) is 2.46. The molecule has 102 valence electrons. The first-order chi connectivity index (χ1) is 9.15. The number of Topliss-reactive ketones (excluding diaryl/α,β-unsaturated/α-hetero) is 1. The molecule has 1 fully saturated rings. The Morgan fingerprint density at radius 3 is 2.42 bits per heavy atom. The summed E-state index contributed by atoms with van der Waals surface area (Å²) in [7, 11) is 0. The first-order valence-electron chi connectivity index (χ1n) is 7.00. The number of hydrogen-bond acceptors (Lipinski definition) is 2. The Morgan fingerprint density at radius 1 is 1.16 bits per heavy atom. The molecule has 0 saturated heterocycles. The molecule has 1 saturated carbocycles. The van der Waals surface area contributed by atoms with Crippen molar-refractivity contribution in [3.63, 3.8) is 0 Å². The van der Waals surface area contributed by atoms with E-state index in [1.165, 1.54) is 0 Å². The van der Waals surface area contributed by atoms with E-state index < -0.39 is 11.9 Å².